The lowest BCUT2D eigenvalue weighted by Crippen LogP contribution is -2.61. The van der Waals surface area contributed by atoms with E-state index in [1.54, 1.807) is 0 Å². The molecule has 2 saturated carbocycles. The van der Waals surface area contributed by atoms with Crippen LogP contribution in [-0.4, -0.2) is 18.1 Å². The van der Waals surface area contributed by atoms with E-state index >= 15 is 0 Å². The molecule has 2 aliphatic rings. The van der Waals surface area contributed by atoms with Crippen LogP contribution in [0.15, 0.2) is 0 Å². The molecule has 0 saturated heterocycles. The number of rotatable bonds is 3. The van der Waals surface area contributed by atoms with Crippen molar-refractivity contribution < 1.29 is 0 Å². The first-order chi connectivity index (χ1) is 8.97. The standard InChI is InChI=1S/C17H34N2/c1-14-12-16(2,3)10-11-17(14,13-18)19-15-8-6-4-5-7-9-15/h14-15,19H,4-13,18H2,1-3H3. The Morgan fingerprint density at radius 2 is 1.68 bits per heavy atom. The molecule has 0 aromatic carbocycles. The summed E-state index contributed by atoms with van der Waals surface area (Å²) in [6, 6.07) is 0.717. The highest BCUT2D eigenvalue weighted by Gasteiger charge is 2.43. The average molecular weight is 266 g/mol. The summed E-state index contributed by atoms with van der Waals surface area (Å²) in [6.45, 7) is 8.05. The van der Waals surface area contributed by atoms with Crippen LogP contribution in [0.4, 0.5) is 0 Å². The van der Waals surface area contributed by atoms with Crippen LogP contribution < -0.4 is 11.1 Å². The minimum absolute atomic E-state index is 0.213. The molecule has 0 aliphatic heterocycles. The highest BCUT2D eigenvalue weighted by Crippen LogP contribution is 2.44. The van der Waals surface area contributed by atoms with Crippen LogP contribution in [0.2, 0.25) is 0 Å². The van der Waals surface area contributed by atoms with Gasteiger partial charge in [-0.05, 0) is 43.4 Å². The minimum Gasteiger partial charge on any atom is -0.329 e. The van der Waals surface area contributed by atoms with E-state index in [9.17, 15) is 0 Å². The van der Waals surface area contributed by atoms with Gasteiger partial charge in [-0.3, -0.25) is 0 Å². The fourth-order valence-corrected chi connectivity index (χ4v) is 4.34. The Morgan fingerprint density at radius 3 is 2.21 bits per heavy atom. The van der Waals surface area contributed by atoms with Crippen molar-refractivity contribution in [1.82, 2.24) is 5.32 Å². The van der Waals surface area contributed by atoms with Crippen LogP contribution in [0.1, 0.15) is 78.6 Å². The first kappa shape index (κ1) is 15.3. The van der Waals surface area contributed by atoms with Crippen LogP contribution in [0, 0.1) is 11.3 Å². The van der Waals surface area contributed by atoms with Gasteiger partial charge in [0, 0.05) is 18.1 Å². The average Bonchev–Trinajstić information content (AvgIpc) is 2.61. The van der Waals surface area contributed by atoms with Gasteiger partial charge in [-0.2, -0.15) is 0 Å². The highest BCUT2D eigenvalue weighted by atomic mass is 15.0. The minimum atomic E-state index is 0.213. The van der Waals surface area contributed by atoms with Gasteiger partial charge >= 0.3 is 0 Å². The van der Waals surface area contributed by atoms with E-state index in [-0.39, 0.29) is 5.54 Å². The van der Waals surface area contributed by atoms with Crippen molar-refractivity contribution in [2.75, 3.05) is 6.54 Å². The first-order valence-electron chi connectivity index (χ1n) is 8.45. The maximum Gasteiger partial charge on any atom is 0.0332 e. The van der Waals surface area contributed by atoms with E-state index in [1.807, 2.05) is 0 Å². The van der Waals surface area contributed by atoms with Gasteiger partial charge in [-0.15, -0.1) is 0 Å². The lowest BCUT2D eigenvalue weighted by molar-refractivity contribution is 0.0675. The van der Waals surface area contributed by atoms with Gasteiger partial charge in [0.15, 0.2) is 0 Å². The van der Waals surface area contributed by atoms with Crippen LogP contribution in [0.5, 0.6) is 0 Å². The van der Waals surface area contributed by atoms with Crippen molar-refractivity contribution in [1.29, 1.82) is 0 Å². The van der Waals surface area contributed by atoms with Crippen molar-refractivity contribution in [2.24, 2.45) is 17.1 Å². The third-order valence-electron chi connectivity index (χ3n) is 5.76. The summed E-state index contributed by atoms with van der Waals surface area (Å²) in [5.41, 5.74) is 6.93. The molecule has 0 aromatic rings. The topological polar surface area (TPSA) is 38.0 Å². The summed E-state index contributed by atoms with van der Waals surface area (Å²) in [4.78, 5) is 0. The Kier molecular flexibility index (Phi) is 4.94. The van der Waals surface area contributed by atoms with Crippen molar-refractivity contribution in [3.05, 3.63) is 0 Å². The molecule has 0 heterocycles. The lowest BCUT2D eigenvalue weighted by atomic mass is 9.63. The number of nitrogens with two attached hydrogens (primary N) is 1. The molecule has 2 heteroatoms. The van der Waals surface area contributed by atoms with Gasteiger partial charge in [0.2, 0.25) is 0 Å². The zero-order valence-electron chi connectivity index (χ0n) is 13.3. The number of hydrogen-bond donors (Lipinski definition) is 2. The molecule has 0 radical (unpaired) electrons. The molecule has 2 atom stereocenters. The summed E-state index contributed by atoms with van der Waals surface area (Å²) >= 11 is 0. The molecular formula is C17H34N2. The summed E-state index contributed by atoms with van der Waals surface area (Å²) in [7, 11) is 0. The second-order valence-electron chi connectivity index (χ2n) is 7.96. The largest absolute Gasteiger partial charge is 0.329 e. The molecule has 0 aromatic heterocycles. The summed E-state index contributed by atoms with van der Waals surface area (Å²) in [5, 5.41) is 4.02. The van der Waals surface area contributed by atoms with Crippen molar-refractivity contribution in [3.63, 3.8) is 0 Å². The summed E-state index contributed by atoms with van der Waals surface area (Å²) in [6.07, 6.45) is 12.3. The Balaban J connectivity index is 2.01. The third kappa shape index (κ3) is 3.72. The Labute approximate surface area is 119 Å². The molecule has 0 spiro atoms. The lowest BCUT2D eigenvalue weighted by Gasteiger charge is -2.50. The number of nitrogens with one attached hydrogen (secondary N) is 1. The normalized spacial score (nSPS) is 36.9. The van der Waals surface area contributed by atoms with E-state index in [2.05, 4.69) is 26.1 Å². The van der Waals surface area contributed by atoms with E-state index in [0.29, 0.717) is 11.3 Å². The van der Waals surface area contributed by atoms with E-state index < -0.39 is 0 Å². The second-order valence-corrected chi connectivity index (χ2v) is 7.96. The fourth-order valence-electron chi connectivity index (χ4n) is 4.34. The Bertz CT molecular complexity index is 279. The van der Waals surface area contributed by atoms with Gasteiger partial charge in [0.05, 0.1) is 0 Å². The van der Waals surface area contributed by atoms with Crippen LogP contribution in [0.25, 0.3) is 0 Å². The molecule has 19 heavy (non-hydrogen) atoms. The van der Waals surface area contributed by atoms with Gasteiger partial charge < -0.3 is 11.1 Å². The number of hydrogen-bond acceptors (Lipinski definition) is 2. The van der Waals surface area contributed by atoms with E-state index in [1.165, 1.54) is 57.8 Å². The quantitative estimate of drug-likeness (QED) is 0.762. The van der Waals surface area contributed by atoms with Gasteiger partial charge in [-0.25, -0.2) is 0 Å². The zero-order valence-corrected chi connectivity index (χ0v) is 13.3. The SMILES string of the molecule is CC1CC(C)(C)CCC1(CN)NC1CCCCCC1. The monoisotopic (exact) mass is 266 g/mol. The summed E-state index contributed by atoms with van der Waals surface area (Å²) in [5.74, 6) is 0.699. The van der Waals surface area contributed by atoms with Crippen molar-refractivity contribution in [3.8, 4) is 0 Å². The third-order valence-corrected chi connectivity index (χ3v) is 5.76. The van der Waals surface area contributed by atoms with Crippen LogP contribution >= 0.6 is 0 Å². The van der Waals surface area contributed by atoms with Gasteiger partial charge in [0.1, 0.15) is 0 Å². The predicted octanol–water partition coefficient (Wildman–Crippen LogP) is 3.84. The molecule has 2 fully saturated rings. The van der Waals surface area contributed by atoms with E-state index in [4.69, 9.17) is 5.73 Å². The smallest absolute Gasteiger partial charge is 0.0332 e. The maximum atomic E-state index is 6.21. The van der Waals surface area contributed by atoms with Crippen LogP contribution in [-0.2, 0) is 0 Å². The predicted molar refractivity (Wildman–Crippen MR) is 83.2 cm³/mol. The molecule has 0 bridgehead atoms. The molecule has 2 rings (SSSR count). The molecule has 0 amide bonds. The molecule has 2 aliphatic carbocycles. The fraction of sp³-hybridized carbons (Fsp3) is 1.00. The van der Waals surface area contributed by atoms with Crippen molar-refractivity contribution in [2.45, 2.75) is 90.1 Å². The Morgan fingerprint density at radius 1 is 1.05 bits per heavy atom. The maximum absolute atomic E-state index is 6.21. The van der Waals surface area contributed by atoms with Crippen LogP contribution in [0.3, 0.4) is 0 Å². The molecule has 112 valence electrons. The highest BCUT2D eigenvalue weighted by molar-refractivity contribution is 5.02. The molecule has 3 N–H and O–H groups in total. The van der Waals surface area contributed by atoms with Gasteiger partial charge in [0.25, 0.3) is 0 Å². The molecule has 2 unspecified atom stereocenters. The second kappa shape index (κ2) is 6.13. The van der Waals surface area contributed by atoms with Crippen molar-refractivity contribution >= 4 is 0 Å². The van der Waals surface area contributed by atoms with Gasteiger partial charge in [-0.1, -0.05) is 46.5 Å². The van der Waals surface area contributed by atoms with E-state index in [0.717, 1.165) is 12.6 Å². The molecule has 2 nitrogen and oxygen atoms in total. The first-order valence-corrected chi connectivity index (χ1v) is 8.45. The zero-order chi connectivity index (χ0) is 13.9. The molecular weight excluding hydrogens is 232 g/mol. The Hall–Kier alpha value is -0.0800. The summed E-state index contributed by atoms with van der Waals surface area (Å²) < 4.78 is 0.